The molecule has 0 N–H and O–H groups in total. The standard InChI is InChI=1S/C40H36F2N4O3S/c1-5-46(23-7-6-8-24-48-39(47)30-14-9-29(10-15-30)25-36(41)42)32-16-11-28(12-17-32)13-18-33-19-20-34(50-33)21-22-35-37(45-4)38(31(26-43)27-44)49-40(35,2)3/h9-22,25H,5-8,23-24H2,1-3H3/b18-13+,22-21+. The third-order valence-corrected chi connectivity index (χ3v) is 8.92. The van der Waals surface area contributed by atoms with E-state index in [1.807, 2.05) is 36.4 Å². The Morgan fingerprint density at radius 1 is 0.940 bits per heavy atom. The van der Waals surface area contributed by atoms with Gasteiger partial charge in [-0.2, -0.15) is 19.3 Å². The van der Waals surface area contributed by atoms with Crippen LogP contribution in [0.4, 0.5) is 14.5 Å². The van der Waals surface area contributed by atoms with Gasteiger partial charge in [0.05, 0.1) is 18.7 Å². The molecule has 1 aromatic heterocycles. The normalized spacial score (nSPS) is 13.4. The Bertz CT molecular complexity index is 1950. The molecule has 0 fully saturated rings. The Morgan fingerprint density at radius 3 is 2.18 bits per heavy atom. The van der Waals surface area contributed by atoms with Crippen molar-refractivity contribution in [2.75, 3.05) is 24.6 Å². The number of nitriles is 2. The van der Waals surface area contributed by atoms with Gasteiger partial charge in [0.25, 0.3) is 6.08 Å². The van der Waals surface area contributed by atoms with Crippen LogP contribution in [0.15, 0.2) is 95.4 Å². The van der Waals surface area contributed by atoms with Crippen LogP contribution in [0.3, 0.4) is 0 Å². The van der Waals surface area contributed by atoms with Crippen LogP contribution in [-0.2, 0) is 9.47 Å². The summed E-state index contributed by atoms with van der Waals surface area (Å²) in [6.07, 6.45) is 9.38. The molecule has 7 nitrogen and oxygen atoms in total. The molecule has 0 unspecified atom stereocenters. The van der Waals surface area contributed by atoms with Crippen LogP contribution >= 0.6 is 11.3 Å². The highest BCUT2D eigenvalue weighted by molar-refractivity contribution is 7.13. The number of esters is 1. The molecular formula is C40H36F2N4O3S. The largest absolute Gasteiger partial charge is 0.493 e. The number of hydrogen-bond acceptors (Lipinski definition) is 7. The Morgan fingerprint density at radius 2 is 1.58 bits per heavy atom. The van der Waals surface area contributed by atoms with E-state index in [0.717, 1.165) is 59.4 Å². The van der Waals surface area contributed by atoms with Crippen LogP contribution in [0.25, 0.3) is 29.1 Å². The SMILES string of the molecule is [C-]#[N+]C1=C(/C=C/c2ccc(/C=C/c3ccc(N(CC)CCCCCOC(=O)c4ccc(C=C(F)F)cc4)cc3)s2)C(C)(C)OC1=C(C#N)C#N. The molecule has 50 heavy (non-hydrogen) atoms. The molecule has 0 atom stereocenters. The second-order valence-electron chi connectivity index (χ2n) is 11.7. The number of carbonyl (C=O) groups is 1. The zero-order valence-corrected chi connectivity index (χ0v) is 28.9. The van der Waals surface area contributed by atoms with Gasteiger partial charge in [-0.15, -0.1) is 11.3 Å². The van der Waals surface area contributed by atoms with Crippen molar-refractivity contribution in [2.45, 2.75) is 45.6 Å². The monoisotopic (exact) mass is 690 g/mol. The van der Waals surface area contributed by atoms with Gasteiger partial charge in [-0.25, -0.2) is 9.64 Å². The quantitative estimate of drug-likeness (QED) is 0.0724. The van der Waals surface area contributed by atoms with E-state index in [1.54, 1.807) is 25.2 Å². The minimum absolute atomic E-state index is 0.0327. The molecule has 0 saturated carbocycles. The molecular weight excluding hydrogens is 655 g/mol. The number of benzene rings is 2. The van der Waals surface area contributed by atoms with Gasteiger partial charge in [-0.1, -0.05) is 36.4 Å². The van der Waals surface area contributed by atoms with E-state index in [2.05, 4.69) is 53.1 Å². The van der Waals surface area contributed by atoms with E-state index in [1.165, 1.54) is 24.3 Å². The maximum Gasteiger partial charge on any atom is 0.338 e. The first-order valence-corrected chi connectivity index (χ1v) is 16.9. The lowest BCUT2D eigenvalue weighted by atomic mass is 9.97. The predicted octanol–water partition coefficient (Wildman–Crippen LogP) is 10.3. The van der Waals surface area contributed by atoms with E-state index >= 15 is 0 Å². The van der Waals surface area contributed by atoms with Gasteiger partial charge in [-0.05, 0) is 99.7 Å². The maximum atomic E-state index is 12.4. The van der Waals surface area contributed by atoms with Crippen molar-refractivity contribution in [3.63, 3.8) is 0 Å². The molecule has 10 heteroatoms. The lowest BCUT2D eigenvalue weighted by Crippen LogP contribution is -2.23. The van der Waals surface area contributed by atoms with Crippen LogP contribution in [0, 0.1) is 29.2 Å². The average Bonchev–Trinajstić information content (AvgIpc) is 3.67. The smallest absolute Gasteiger partial charge is 0.338 e. The minimum atomic E-state index is -1.79. The zero-order valence-electron chi connectivity index (χ0n) is 28.1. The van der Waals surface area contributed by atoms with Crippen LogP contribution < -0.4 is 4.90 Å². The van der Waals surface area contributed by atoms with Gasteiger partial charge in [0, 0.05) is 40.2 Å². The molecule has 2 heterocycles. The van der Waals surface area contributed by atoms with Gasteiger partial charge < -0.3 is 14.4 Å². The van der Waals surface area contributed by atoms with Crippen molar-refractivity contribution >= 4 is 47.3 Å². The highest BCUT2D eigenvalue weighted by atomic mass is 32.1. The topological polar surface area (TPSA) is 90.7 Å². The van der Waals surface area contributed by atoms with Crippen molar-refractivity contribution in [2.24, 2.45) is 0 Å². The maximum absolute atomic E-state index is 12.4. The van der Waals surface area contributed by atoms with E-state index in [4.69, 9.17) is 16.0 Å². The summed E-state index contributed by atoms with van der Waals surface area (Å²) in [6, 6.07) is 21.9. The number of anilines is 1. The Labute approximate surface area is 295 Å². The summed E-state index contributed by atoms with van der Waals surface area (Å²) in [6.45, 7) is 15.4. The second kappa shape index (κ2) is 17.6. The van der Waals surface area contributed by atoms with Crippen LogP contribution in [0.5, 0.6) is 0 Å². The van der Waals surface area contributed by atoms with Gasteiger partial charge in [0.2, 0.25) is 5.70 Å². The fraction of sp³-hybridized carbons (Fsp3) is 0.250. The first-order valence-electron chi connectivity index (χ1n) is 16.1. The summed E-state index contributed by atoms with van der Waals surface area (Å²) in [7, 11) is 0. The fourth-order valence-corrected chi connectivity index (χ4v) is 6.10. The van der Waals surface area contributed by atoms with Crippen molar-refractivity contribution in [3.05, 3.63) is 133 Å². The van der Waals surface area contributed by atoms with Crippen LogP contribution in [-0.4, -0.2) is 31.3 Å². The number of rotatable bonds is 14. The molecule has 2 aromatic carbocycles. The van der Waals surface area contributed by atoms with Crippen molar-refractivity contribution in [1.82, 2.24) is 0 Å². The van der Waals surface area contributed by atoms with E-state index in [0.29, 0.717) is 23.3 Å². The number of carbonyl (C=O) groups excluding carboxylic acids is 1. The van der Waals surface area contributed by atoms with E-state index < -0.39 is 17.7 Å². The molecule has 1 aliphatic rings. The Kier molecular flexibility index (Phi) is 13.0. The summed E-state index contributed by atoms with van der Waals surface area (Å²) in [5.74, 6) is -0.429. The molecule has 0 saturated heterocycles. The van der Waals surface area contributed by atoms with Crippen molar-refractivity contribution < 1.29 is 23.0 Å². The van der Waals surface area contributed by atoms with Crippen molar-refractivity contribution in [1.29, 1.82) is 10.5 Å². The summed E-state index contributed by atoms with van der Waals surface area (Å²) in [5, 5.41) is 18.6. The molecule has 0 spiro atoms. The second-order valence-corrected chi connectivity index (χ2v) is 12.9. The number of ether oxygens (including phenoxy) is 2. The Hall–Kier alpha value is -5.76. The summed E-state index contributed by atoms with van der Waals surface area (Å²) < 4.78 is 35.9. The molecule has 3 aromatic rings. The first-order chi connectivity index (χ1) is 24.1. The number of allylic oxidation sites excluding steroid dienone is 1. The van der Waals surface area contributed by atoms with Gasteiger partial charge in [0.15, 0.2) is 11.3 Å². The number of halogens is 2. The third kappa shape index (κ3) is 9.89. The van der Waals surface area contributed by atoms with Gasteiger partial charge in [0.1, 0.15) is 17.7 Å². The molecule has 254 valence electrons. The third-order valence-electron chi connectivity index (χ3n) is 7.91. The number of nitrogens with zero attached hydrogens (tertiary/aromatic N) is 4. The minimum Gasteiger partial charge on any atom is -0.493 e. The Balaban J connectivity index is 1.25. The van der Waals surface area contributed by atoms with Gasteiger partial charge >= 0.3 is 5.97 Å². The fourth-order valence-electron chi connectivity index (χ4n) is 5.28. The molecule has 0 bridgehead atoms. The molecule has 1 aliphatic heterocycles. The number of thiophene rings is 1. The number of unbranched alkanes of at least 4 members (excludes halogenated alkanes) is 2. The molecule has 4 rings (SSSR count). The van der Waals surface area contributed by atoms with Crippen LogP contribution in [0.2, 0.25) is 0 Å². The molecule has 0 radical (unpaired) electrons. The highest BCUT2D eigenvalue weighted by Crippen LogP contribution is 2.41. The lowest BCUT2D eigenvalue weighted by Gasteiger charge is -2.23. The average molecular weight is 691 g/mol. The van der Waals surface area contributed by atoms with E-state index in [-0.39, 0.29) is 17.0 Å². The first kappa shape index (κ1) is 37.1. The highest BCUT2D eigenvalue weighted by Gasteiger charge is 2.38. The molecule has 0 aliphatic carbocycles. The van der Waals surface area contributed by atoms with Crippen LogP contribution in [0.1, 0.15) is 71.3 Å². The summed E-state index contributed by atoms with van der Waals surface area (Å²) in [5.41, 5.74) is 2.60. The molecule has 0 amide bonds. The van der Waals surface area contributed by atoms with Gasteiger partial charge in [-0.3, -0.25) is 0 Å². The lowest BCUT2D eigenvalue weighted by molar-refractivity contribution is 0.0498. The predicted molar refractivity (Wildman–Crippen MR) is 194 cm³/mol. The number of hydrogen-bond donors (Lipinski definition) is 0. The van der Waals surface area contributed by atoms with E-state index in [9.17, 15) is 24.1 Å². The summed E-state index contributed by atoms with van der Waals surface area (Å²) in [4.78, 5) is 20.1. The summed E-state index contributed by atoms with van der Waals surface area (Å²) >= 11 is 1.60. The zero-order chi connectivity index (χ0) is 36.1. The van der Waals surface area contributed by atoms with Crippen molar-refractivity contribution in [3.8, 4) is 12.1 Å².